The summed E-state index contributed by atoms with van der Waals surface area (Å²) in [7, 11) is 0. The van der Waals surface area contributed by atoms with Crippen molar-refractivity contribution in [3.8, 4) is 0 Å². The molecule has 0 radical (unpaired) electrons. The zero-order chi connectivity index (χ0) is 13.7. The van der Waals surface area contributed by atoms with Gasteiger partial charge in [-0.3, -0.25) is 4.79 Å². The normalized spacial score (nSPS) is 14.4. The van der Waals surface area contributed by atoms with Crippen LogP contribution in [0.4, 0.5) is 5.69 Å². The van der Waals surface area contributed by atoms with Crippen LogP contribution in [0, 0.1) is 5.92 Å². The summed E-state index contributed by atoms with van der Waals surface area (Å²) in [5.74, 6) is -0.0631. The molecule has 0 bridgehead atoms. The summed E-state index contributed by atoms with van der Waals surface area (Å²) in [6.07, 6.45) is 5.06. The number of esters is 1. The van der Waals surface area contributed by atoms with Gasteiger partial charge in [-0.2, -0.15) is 0 Å². The molecule has 1 aliphatic carbocycles. The summed E-state index contributed by atoms with van der Waals surface area (Å²) >= 11 is 0. The maximum Gasteiger partial charge on any atom is 0.330 e. The van der Waals surface area contributed by atoms with E-state index in [4.69, 9.17) is 4.74 Å². The van der Waals surface area contributed by atoms with Gasteiger partial charge >= 0.3 is 5.97 Å². The maximum atomic E-state index is 11.6. The van der Waals surface area contributed by atoms with Gasteiger partial charge in [0.1, 0.15) is 0 Å². The molecule has 0 heterocycles. The Hall–Kier alpha value is -2.10. The lowest BCUT2D eigenvalue weighted by Crippen LogP contribution is -2.12. The molecule has 1 N–H and O–H groups in total. The van der Waals surface area contributed by atoms with Crippen molar-refractivity contribution in [2.45, 2.75) is 19.8 Å². The molecule has 1 aromatic rings. The number of hydrogen-bond acceptors (Lipinski definition) is 3. The fourth-order valence-corrected chi connectivity index (χ4v) is 1.62. The van der Waals surface area contributed by atoms with E-state index in [9.17, 15) is 9.59 Å². The summed E-state index contributed by atoms with van der Waals surface area (Å²) in [5.41, 5.74) is 1.67. The molecule has 4 heteroatoms. The van der Waals surface area contributed by atoms with Gasteiger partial charge in [0.05, 0.1) is 6.61 Å². The Morgan fingerprint density at radius 2 is 2.00 bits per heavy atom. The summed E-state index contributed by atoms with van der Waals surface area (Å²) in [4.78, 5) is 22.7. The van der Waals surface area contributed by atoms with E-state index in [0.29, 0.717) is 6.61 Å². The van der Waals surface area contributed by atoms with E-state index >= 15 is 0 Å². The van der Waals surface area contributed by atoms with Crippen LogP contribution >= 0.6 is 0 Å². The molecule has 4 nitrogen and oxygen atoms in total. The van der Waals surface area contributed by atoms with E-state index in [-0.39, 0.29) is 17.8 Å². The minimum atomic E-state index is -0.353. The second kappa shape index (κ2) is 6.18. The zero-order valence-corrected chi connectivity index (χ0v) is 10.9. The topological polar surface area (TPSA) is 55.4 Å². The second-order valence-corrected chi connectivity index (χ2v) is 4.47. The molecule has 1 saturated carbocycles. The van der Waals surface area contributed by atoms with Crippen LogP contribution < -0.4 is 5.32 Å². The second-order valence-electron chi connectivity index (χ2n) is 4.47. The minimum Gasteiger partial charge on any atom is -0.463 e. The smallest absolute Gasteiger partial charge is 0.330 e. The van der Waals surface area contributed by atoms with Crippen LogP contribution in [-0.4, -0.2) is 18.5 Å². The van der Waals surface area contributed by atoms with E-state index < -0.39 is 0 Å². The Labute approximate surface area is 112 Å². The Bertz CT molecular complexity index is 487. The number of hydrogen-bond donors (Lipinski definition) is 1. The maximum absolute atomic E-state index is 11.6. The Morgan fingerprint density at radius 3 is 2.58 bits per heavy atom. The lowest BCUT2D eigenvalue weighted by atomic mass is 10.2. The SMILES string of the molecule is CCOC(=O)/C=C\c1ccc(NC(=O)C2CC2)cc1. The predicted molar refractivity (Wildman–Crippen MR) is 73.5 cm³/mol. The van der Waals surface area contributed by atoms with Crippen LogP contribution in [0.25, 0.3) is 6.08 Å². The van der Waals surface area contributed by atoms with Crippen LogP contribution in [0.1, 0.15) is 25.3 Å². The summed E-state index contributed by atoms with van der Waals surface area (Å²) in [5, 5.41) is 2.86. The first-order chi connectivity index (χ1) is 9.19. The molecule has 1 amide bonds. The number of carbonyl (C=O) groups excluding carboxylic acids is 2. The third-order valence-electron chi connectivity index (χ3n) is 2.82. The van der Waals surface area contributed by atoms with Gasteiger partial charge in [-0.25, -0.2) is 4.79 Å². The molecule has 2 rings (SSSR count). The Morgan fingerprint density at radius 1 is 1.32 bits per heavy atom. The van der Waals surface area contributed by atoms with E-state index in [1.54, 1.807) is 13.0 Å². The molecular weight excluding hydrogens is 242 g/mol. The lowest BCUT2D eigenvalue weighted by molar-refractivity contribution is -0.137. The summed E-state index contributed by atoms with van der Waals surface area (Å²) in [6, 6.07) is 7.34. The first-order valence-corrected chi connectivity index (χ1v) is 6.45. The molecule has 0 atom stereocenters. The number of amides is 1. The third-order valence-corrected chi connectivity index (χ3v) is 2.82. The van der Waals surface area contributed by atoms with Gasteiger partial charge in [0.15, 0.2) is 0 Å². The summed E-state index contributed by atoms with van der Waals surface area (Å²) in [6.45, 7) is 2.14. The molecule has 1 aliphatic rings. The average molecular weight is 259 g/mol. The molecular formula is C15H17NO3. The highest BCUT2D eigenvalue weighted by atomic mass is 16.5. The van der Waals surface area contributed by atoms with Gasteiger partial charge in [0.2, 0.25) is 5.91 Å². The molecule has 19 heavy (non-hydrogen) atoms. The van der Waals surface area contributed by atoms with Crippen molar-refractivity contribution in [2.24, 2.45) is 5.92 Å². The first-order valence-electron chi connectivity index (χ1n) is 6.45. The molecule has 0 saturated heterocycles. The van der Waals surface area contributed by atoms with Crippen molar-refractivity contribution in [2.75, 3.05) is 11.9 Å². The molecule has 0 unspecified atom stereocenters. The fraction of sp³-hybridized carbons (Fsp3) is 0.333. The molecule has 0 spiro atoms. The van der Waals surface area contributed by atoms with E-state index in [1.807, 2.05) is 24.3 Å². The number of ether oxygens (including phenoxy) is 1. The lowest BCUT2D eigenvalue weighted by Gasteiger charge is -2.04. The van der Waals surface area contributed by atoms with Gasteiger partial charge in [0, 0.05) is 17.7 Å². The van der Waals surface area contributed by atoms with Gasteiger partial charge in [-0.05, 0) is 43.5 Å². The van der Waals surface area contributed by atoms with E-state index in [1.165, 1.54) is 6.08 Å². The fourth-order valence-electron chi connectivity index (χ4n) is 1.62. The number of rotatable bonds is 5. The third kappa shape index (κ3) is 4.25. The monoisotopic (exact) mass is 259 g/mol. The van der Waals surface area contributed by atoms with Crippen LogP contribution in [0.2, 0.25) is 0 Å². The highest BCUT2D eigenvalue weighted by Gasteiger charge is 2.29. The molecule has 1 aromatic carbocycles. The first kappa shape index (κ1) is 13.3. The number of benzene rings is 1. The minimum absolute atomic E-state index is 0.0924. The highest BCUT2D eigenvalue weighted by molar-refractivity contribution is 5.94. The number of nitrogens with one attached hydrogen (secondary N) is 1. The quantitative estimate of drug-likeness (QED) is 0.653. The molecule has 100 valence electrons. The summed E-state index contributed by atoms with van der Waals surface area (Å²) < 4.78 is 4.79. The van der Waals surface area contributed by atoms with Crippen molar-refractivity contribution in [1.82, 2.24) is 0 Å². The highest BCUT2D eigenvalue weighted by Crippen LogP contribution is 2.30. The molecule has 1 fully saturated rings. The standard InChI is InChI=1S/C15H17NO3/c1-2-19-14(17)10-5-11-3-8-13(9-4-11)16-15(18)12-6-7-12/h3-5,8-10,12H,2,6-7H2,1H3,(H,16,18)/b10-5-. The Balaban J connectivity index is 1.90. The van der Waals surface area contributed by atoms with Crippen molar-refractivity contribution >= 4 is 23.6 Å². The van der Waals surface area contributed by atoms with Gasteiger partial charge < -0.3 is 10.1 Å². The zero-order valence-electron chi connectivity index (χ0n) is 10.9. The largest absolute Gasteiger partial charge is 0.463 e. The van der Waals surface area contributed by atoms with Gasteiger partial charge in [-0.1, -0.05) is 12.1 Å². The van der Waals surface area contributed by atoms with Crippen LogP contribution in [0.3, 0.4) is 0 Å². The van der Waals surface area contributed by atoms with E-state index in [2.05, 4.69) is 5.32 Å². The van der Waals surface area contributed by atoms with Gasteiger partial charge in [-0.15, -0.1) is 0 Å². The Kier molecular flexibility index (Phi) is 4.34. The van der Waals surface area contributed by atoms with Crippen molar-refractivity contribution < 1.29 is 14.3 Å². The van der Waals surface area contributed by atoms with Crippen molar-refractivity contribution in [3.63, 3.8) is 0 Å². The van der Waals surface area contributed by atoms with Gasteiger partial charge in [0.25, 0.3) is 0 Å². The number of anilines is 1. The predicted octanol–water partition coefficient (Wildman–Crippen LogP) is 2.61. The van der Waals surface area contributed by atoms with Crippen LogP contribution in [-0.2, 0) is 14.3 Å². The molecule has 0 aliphatic heterocycles. The van der Waals surface area contributed by atoms with Crippen LogP contribution in [0.5, 0.6) is 0 Å². The van der Waals surface area contributed by atoms with E-state index in [0.717, 1.165) is 24.1 Å². The average Bonchev–Trinajstić information content (AvgIpc) is 3.22. The number of carbonyl (C=O) groups is 2. The van der Waals surface area contributed by atoms with Crippen LogP contribution in [0.15, 0.2) is 30.3 Å². The molecule has 0 aromatic heterocycles. The van der Waals surface area contributed by atoms with Crippen molar-refractivity contribution in [3.05, 3.63) is 35.9 Å². The van der Waals surface area contributed by atoms with Crippen molar-refractivity contribution in [1.29, 1.82) is 0 Å².